The number of aliphatic hydroxyl groups excluding tert-OH is 2. The Kier molecular flexibility index (Phi) is 5.82. The third-order valence-corrected chi connectivity index (χ3v) is 3.51. The summed E-state index contributed by atoms with van der Waals surface area (Å²) in [5.41, 5.74) is 0.165. The first-order valence-electron chi connectivity index (χ1n) is 5.71. The van der Waals surface area contributed by atoms with Gasteiger partial charge in [0.05, 0.1) is 24.8 Å². The predicted octanol–water partition coefficient (Wildman–Crippen LogP) is 0.946. The van der Waals surface area contributed by atoms with Crippen molar-refractivity contribution >= 4 is 16.9 Å². The molecule has 1 aromatic carbocycles. The molecule has 1 rings (SSSR count). The van der Waals surface area contributed by atoms with Crippen LogP contribution in [0.5, 0.6) is 11.5 Å². The third kappa shape index (κ3) is 3.87. The molecule has 20 heavy (non-hydrogen) atoms. The number of nitriles is 1. The second kappa shape index (κ2) is 7.14. The number of thioether (sulfide) groups is 1. The van der Waals surface area contributed by atoms with E-state index >= 15 is 0 Å². The van der Waals surface area contributed by atoms with Crippen LogP contribution in [0.15, 0.2) is 12.1 Å². The van der Waals surface area contributed by atoms with Crippen molar-refractivity contribution in [2.75, 3.05) is 12.9 Å². The van der Waals surface area contributed by atoms with Gasteiger partial charge in [-0.2, -0.15) is 5.26 Å². The molecule has 0 fully saturated rings. The van der Waals surface area contributed by atoms with E-state index in [2.05, 4.69) is 0 Å². The Hall–Kier alpha value is -1.75. The second-order valence-electron chi connectivity index (χ2n) is 4.04. The van der Waals surface area contributed by atoms with Crippen molar-refractivity contribution in [1.29, 1.82) is 5.26 Å². The zero-order chi connectivity index (χ0) is 15.3. The number of aliphatic hydroxyl groups is 2. The summed E-state index contributed by atoms with van der Waals surface area (Å²) >= 11 is 0.861. The SMILES string of the molecule is COc1cc(C#N)cc(C(O)C(O)CSC(C)=O)c1O. The molecule has 0 heterocycles. The highest BCUT2D eigenvalue weighted by atomic mass is 32.2. The molecule has 2 unspecified atom stereocenters. The molecule has 0 saturated heterocycles. The van der Waals surface area contributed by atoms with Crippen molar-refractivity contribution < 1.29 is 24.9 Å². The van der Waals surface area contributed by atoms with E-state index in [1.807, 2.05) is 6.07 Å². The number of ether oxygens (including phenoxy) is 1. The number of carbonyl (C=O) groups is 1. The molecule has 0 bridgehead atoms. The maximum Gasteiger partial charge on any atom is 0.185 e. The van der Waals surface area contributed by atoms with E-state index in [1.54, 1.807) is 0 Å². The number of phenols is 1. The first kappa shape index (κ1) is 16.3. The smallest absolute Gasteiger partial charge is 0.185 e. The molecule has 0 spiro atoms. The fraction of sp³-hybridized carbons (Fsp3) is 0.385. The Morgan fingerprint density at radius 2 is 2.15 bits per heavy atom. The topological polar surface area (TPSA) is 111 Å². The molecule has 0 saturated carbocycles. The van der Waals surface area contributed by atoms with Crippen molar-refractivity contribution in [2.24, 2.45) is 0 Å². The molecule has 3 N–H and O–H groups in total. The molecule has 0 aliphatic rings. The van der Waals surface area contributed by atoms with Gasteiger partial charge in [0.25, 0.3) is 0 Å². The van der Waals surface area contributed by atoms with Crippen molar-refractivity contribution in [3.05, 3.63) is 23.3 Å². The molecule has 0 aliphatic carbocycles. The maximum atomic E-state index is 10.8. The third-order valence-electron chi connectivity index (χ3n) is 2.59. The summed E-state index contributed by atoms with van der Waals surface area (Å²) in [6.45, 7) is 1.35. The van der Waals surface area contributed by atoms with Gasteiger partial charge in [-0.3, -0.25) is 4.79 Å². The van der Waals surface area contributed by atoms with E-state index in [9.17, 15) is 20.1 Å². The van der Waals surface area contributed by atoms with Crippen LogP contribution < -0.4 is 4.74 Å². The lowest BCUT2D eigenvalue weighted by atomic mass is 10.0. The standard InChI is InChI=1S/C13H15NO5S/c1-7(15)20-6-10(16)12(17)9-3-8(5-14)4-11(19-2)13(9)18/h3-4,10,12,16-18H,6H2,1-2H3. The van der Waals surface area contributed by atoms with E-state index < -0.39 is 12.2 Å². The molecular weight excluding hydrogens is 282 g/mol. The van der Waals surface area contributed by atoms with Gasteiger partial charge < -0.3 is 20.1 Å². The lowest BCUT2D eigenvalue weighted by Crippen LogP contribution is -2.21. The Bertz CT molecular complexity index is 540. The van der Waals surface area contributed by atoms with E-state index in [-0.39, 0.29) is 33.5 Å². The number of phenolic OH excluding ortho intramolecular Hbond substituents is 1. The van der Waals surface area contributed by atoms with E-state index in [4.69, 9.17) is 10.00 Å². The van der Waals surface area contributed by atoms with Crippen LogP contribution in [0, 0.1) is 11.3 Å². The second-order valence-corrected chi connectivity index (χ2v) is 5.24. The van der Waals surface area contributed by atoms with E-state index in [0.29, 0.717) is 0 Å². The summed E-state index contributed by atoms with van der Waals surface area (Å²) < 4.78 is 4.90. The average Bonchev–Trinajstić information content (AvgIpc) is 2.44. The molecule has 2 atom stereocenters. The quantitative estimate of drug-likeness (QED) is 0.741. The van der Waals surface area contributed by atoms with Gasteiger partial charge in [-0.05, 0) is 6.07 Å². The molecule has 0 amide bonds. The van der Waals surface area contributed by atoms with E-state index in [1.165, 1.54) is 26.2 Å². The monoisotopic (exact) mass is 297 g/mol. The fourth-order valence-corrected chi connectivity index (χ4v) is 2.16. The largest absolute Gasteiger partial charge is 0.504 e. The summed E-state index contributed by atoms with van der Waals surface area (Å²) in [4.78, 5) is 10.8. The normalized spacial score (nSPS) is 13.3. The van der Waals surface area contributed by atoms with Crippen LogP contribution in [0.4, 0.5) is 0 Å². The van der Waals surface area contributed by atoms with Crippen LogP contribution in [0.3, 0.4) is 0 Å². The van der Waals surface area contributed by atoms with Gasteiger partial charge in [0.15, 0.2) is 16.6 Å². The number of aromatic hydroxyl groups is 1. The zero-order valence-electron chi connectivity index (χ0n) is 11.0. The molecule has 0 radical (unpaired) electrons. The highest BCUT2D eigenvalue weighted by Gasteiger charge is 2.24. The molecule has 108 valence electrons. The fourth-order valence-electron chi connectivity index (χ4n) is 1.58. The summed E-state index contributed by atoms with van der Waals surface area (Å²) in [7, 11) is 1.31. The number of hydrogen-bond acceptors (Lipinski definition) is 7. The molecule has 0 aliphatic heterocycles. The first-order chi connectivity index (χ1) is 9.40. The summed E-state index contributed by atoms with van der Waals surface area (Å²) in [5, 5.41) is 38.5. The number of hydrogen-bond donors (Lipinski definition) is 3. The highest BCUT2D eigenvalue weighted by Crippen LogP contribution is 2.36. The number of benzene rings is 1. The first-order valence-corrected chi connectivity index (χ1v) is 6.69. The molecule has 6 nitrogen and oxygen atoms in total. The summed E-state index contributed by atoms with van der Waals surface area (Å²) in [6.07, 6.45) is -2.68. The van der Waals surface area contributed by atoms with Crippen LogP contribution in [-0.2, 0) is 4.79 Å². The van der Waals surface area contributed by atoms with Crippen molar-refractivity contribution in [1.82, 2.24) is 0 Å². The van der Waals surface area contributed by atoms with Gasteiger partial charge >= 0.3 is 0 Å². The summed E-state index contributed by atoms with van der Waals surface area (Å²) in [5.74, 6) is -0.329. The van der Waals surface area contributed by atoms with Gasteiger partial charge in [-0.15, -0.1) is 0 Å². The summed E-state index contributed by atoms with van der Waals surface area (Å²) in [6, 6.07) is 4.46. The highest BCUT2D eigenvalue weighted by molar-refractivity contribution is 8.13. The number of rotatable bonds is 5. The molecule has 7 heteroatoms. The Balaban J connectivity index is 3.05. The lowest BCUT2D eigenvalue weighted by molar-refractivity contribution is -0.109. The van der Waals surface area contributed by atoms with Crippen molar-refractivity contribution in [3.63, 3.8) is 0 Å². The minimum absolute atomic E-state index is 0.0162. The van der Waals surface area contributed by atoms with Gasteiger partial charge in [-0.1, -0.05) is 11.8 Å². The molecule has 0 aromatic heterocycles. The van der Waals surface area contributed by atoms with Gasteiger partial charge in [0.1, 0.15) is 6.10 Å². The van der Waals surface area contributed by atoms with Crippen molar-refractivity contribution in [2.45, 2.75) is 19.1 Å². The van der Waals surface area contributed by atoms with Crippen LogP contribution in [0.25, 0.3) is 0 Å². The van der Waals surface area contributed by atoms with Gasteiger partial charge in [0, 0.05) is 24.3 Å². The maximum absolute atomic E-state index is 10.8. The minimum Gasteiger partial charge on any atom is -0.504 e. The minimum atomic E-state index is -1.43. The number of methoxy groups -OCH3 is 1. The Labute approximate surface area is 120 Å². The molecular formula is C13H15NO5S. The molecule has 1 aromatic rings. The average molecular weight is 297 g/mol. The zero-order valence-corrected chi connectivity index (χ0v) is 11.8. The Morgan fingerprint density at radius 3 is 2.65 bits per heavy atom. The van der Waals surface area contributed by atoms with E-state index in [0.717, 1.165) is 11.8 Å². The number of carbonyl (C=O) groups excluding carboxylic acids is 1. The van der Waals surface area contributed by atoms with Crippen molar-refractivity contribution in [3.8, 4) is 17.6 Å². The van der Waals surface area contributed by atoms with Gasteiger partial charge in [0.2, 0.25) is 0 Å². The van der Waals surface area contributed by atoms with Crippen LogP contribution in [0.2, 0.25) is 0 Å². The number of nitrogens with zero attached hydrogens (tertiary/aromatic N) is 1. The van der Waals surface area contributed by atoms with Crippen LogP contribution in [-0.4, -0.2) is 39.4 Å². The lowest BCUT2D eigenvalue weighted by Gasteiger charge is -2.19. The van der Waals surface area contributed by atoms with Crippen LogP contribution in [0.1, 0.15) is 24.2 Å². The van der Waals surface area contributed by atoms with Gasteiger partial charge in [-0.25, -0.2) is 0 Å². The Morgan fingerprint density at radius 1 is 1.50 bits per heavy atom. The predicted molar refractivity (Wildman–Crippen MR) is 73.5 cm³/mol. The van der Waals surface area contributed by atoms with Crippen LogP contribution >= 0.6 is 11.8 Å².